The van der Waals surface area contributed by atoms with E-state index in [4.69, 9.17) is 4.74 Å². The highest BCUT2D eigenvalue weighted by atomic mass is 16.5. The third-order valence-electron chi connectivity index (χ3n) is 3.30. The summed E-state index contributed by atoms with van der Waals surface area (Å²) in [5, 5.41) is 3.17. The van der Waals surface area contributed by atoms with Gasteiger partial charge in [-0.05, 0) is 59.3 Å². The molecule has 1 fully saturated rings. The molecule has 0 aromatic carbocycles. The Morgan fingerprint density at radius 2 is 2.00 bits per heavy atom. The maximum absolute atomic E-state index is 5.82. The Kier molecular flexibility index (Phi) is 7.81. The Bertz CT molecular complexity index is 158. The minimum atomic E-state index is 0.415. The Balaban J connectivity index is 1.92. The van der Waals surface area contributed by atoms with Gasteiger partial charge in [0, 0.05) is 6.54 Å². The number of hydrogen-bond acceptors (Lipinski definition) is 3. The maximum atomic E-state index is 5.82. The third-order valence-corrected chi connectivity index (χ3v) is 3.30. The molecule has 0 spiro atoms. The van der Waals surface area contributed by atoms with Gasteiger partial charge in [-0.1, -0.05) is 6.42 Å². The van der Waals surface area contributed by atoms with Crippen LogP contribution in [0.15, 0.2) is 0 Å². The van der Waals surface area contributed by atoms with E-state index in [1.165, 1.54) is 45.2 Å². The topological polar surface area (TPSA) is 24.5 Å². The number of nitrogens with one attached hydrogen (secondary N) is 1. The molecule has 0 amide bonds. The Hall–Kier alpha value is -0.120. The van der Waals surface area contributed by atoms with Gasteiger partial charge < -0.3 is 15.0 Å². The van der Waals surface area contributed by atoms with Gasteiger partial charge in [-0.3, -0.25) is 0 Å². The second-order valence-corrected chi connectivity index (χ2v) is 4.83. The molecule has 3 heteroatoms. The summed E-state index contributed by atoms with van der Waals surface area (Å²) in [5.41, 5.74) is 0. The fourth-order valence-electron chi connectivity index (χ4n) is 2.22. The number of rotatable bonds is 8. The molecule has 0 saturated carbocycles. The van der Waals surface area contributed by atoms with Gasteiger partial charge in [0.2, 0.25) is 0 Å². The molecule has 96 valence electrons. The van der Waals surface area contributed by atoms with E-state index >= 15 is 0 Å². The molecule has 3 nitrogen and oxygen atoms in total. The highest BCUT2D eigenvalue weighted by molar-refractivity contribution is 4.64. The summed E-state index contributed by atoms with van der Waals surface area (Å²) in [6.45, 7) is 7.86. The Morgan fingerprint density at radius 1 is 1.25 bits per heavy atom. The van der Waals surface area contributed by atoms with Crippen molar-refractivity contribution in [2.45, 2.75) is 45.1 Å². The number of hydrogen-bond donors (Lipinski definition) is 1. The first-order valence-corrected chi connectivity index (χ1v) is 6.81. The highest BCUT2D eigenvalue weighted by Gasteiger charge is 2.10. The van der Waals surface area contributed by atoms with Crippen LogP contribution in [0, 0.1) is 0 Å². The second kappa shape index (κ2) is 8.97. The molecule has 0 radical (unpaired) electrons. The van der Waals surface area contributed by atoms with Gasteiger partial charge in [0.1, 0.15) is 0 Å². The van der Waals surface area contributed by atoms with Crippen molar-refractivity contribution in [1.82, 2.24) is 10.2 Å². The average molecular weight is 228 g/mol. The zero-order chi connectivity index (χ0) is 11.6. The first-order valence-electron chi connectivity index (χ1n) is 6.81. The molecule has 0 bridgehead atoms. The van der Waals surface area contributed by atoms with E-state index < -0.39 is 0 Å². The van der Waals surface area contributed by atoms with Gasteiger partial charge >= 0.3 is 0 Å². The predicted molar refractivity (Wildman–Crippen MR) is 68.9 cm³/mol. The Morgan fingerprint density at radius 3 is 2.69 bits per heavy atom. The van der Waals surface area contributed by atoms with Crippen molar-refractivity contribution in [2.75, 3.05) is 39.8 Å². The van der Waals surface area contributed by atoms with Crippen LogP contribution in [0.1, 0.15) is 39.0 Å². The minimum absolute atomic E-state index is 0.415. The fourth-order valence-corrected chi connectivity index (χ4v) is 2.22. The predicted octanol–water partition coefficient (Wildman–Crippen LogP) is 1.88. The molecule has 16 heavy (non-hydrogen) atoms. The first-order chi connectivity index (χ1) is 7.83. The summed E-state index contributed by atoms with van der Waals surface area (Å²) in [6.07, 6.45) is 6.95. The first kappa shape index (κ1) is 13.9. The third kappa shape index (κ3) is 6.46. The lowest BCUT2D eigenvalue weighted by molar-refractivity contribution is 0.0394. The van der Waals surface area contributed by atoms with E-state index in [0.717, 1.165) is 19.7 Å². The van der Waals surface area contributed by atoms with Crippen LogP contribution in [0.5, 0.6) is 0 Å². The normalized spacial score (nSPS) is 19.9. The quantitative estimate of drug-likeness (QED) is 0.642. The Labute approximate surface area is 101 Å². The van der Waals surface area contributed by atoms with Crippen LogP contribution in [0.4, 0.5) is 0 Å². The van der Waals surface area contributed by atoms with E-state index in [1.54, 1.807) is 0 Å². The molecule has 1 aliphatic heterocycles. The largest absolute Gasteiger partial charge is 0.377 e. The lowest BCUT2D eigenvalue weighted by Gasteiger charge is -2.26. The monoisotopic (exact) mass is 228 g/mol. The molecule has 1 unspecified atom stereocenters. The van der Waals surface area contributed by atoms with Gasteiger partial charge in [0.05, 0.1) is 12.7 Å². The van der Waals surface area contributed by atoms with Crippen molar-refractivity contribution >= 4 is 0 Å². The van der Waals surface area contributed by atoms with Crippen LogP contribution in [0.3, 0.4) is 0 Å². The molecular weight excluding hydrogens is 200 g/mol. The molecule has 0 aromatic heterocycles. The summed E-state index contributed by atoms with van der Waals surface area (Å²) in [7, 11) is 2.00. The zero-order valence-electron chi connectivity index (χ0n) is 11.0. The molecule has 1 atom stereocenters. The van der Waals surface area contributed by atoms with E-state index in [0.29, 0.717) is 6.10 Å². The summed E-state index contributed by atoms with van der Waals surface area (Å²) in [6, 6.07) is 0. The van der Waals surface area contributed by atoms with E-state index in [1.807, 2.05) is 7.05 Å². The van der Waals surface area contributed by atoms with Gasteiger partial charge in [-0.25, -0.2) is 0 Å². The van der Waals surface area contributed by atoms with Crippen molar-refractivity contribution in [3.8, 4) is 0 Å². The van der Waals surface area contributed by atoms with Gasteiger partial charge in [-0.2, -0.15) is 0 Å². The lowest BCUT2D eigenvalue weighted by Crippen LogP contribution is -2.33. The smallest absolute Gasteiger partial charge is 0.0597 e. The van der Waals surface area contributed by atoms with E-state index in [2.05, 4.69) is 17.1 Å². The lowest BCUT2D eigenvalue weighted by atomic mass is 10.1. The highest BCUT2D eigenvalue weighted by Crippen LogP contribution is 2.08. The number of nitrogens with zero attached hydrogens (tertiary/aromatic N) is 1. The maximum Gasteiger partial charge on any atom is 0.0597 e. The van der Waals surface area contributed by atoms with Crippen molar-refractivity contribution in [3.63, 3.8) is 0 Å². The van der Waals surface area contributed by atoms with E-state index in [-0.39, 0.29) is 0 Å². The van der Waals surface area contributed by atoms with Gasteiger partial charge in [-0.15, -0.1) is 0 Å². The molecule has 0 aliphatic carbocycles. The number of likely N-dealkylation sites (tertiary alicyclic amines) is 1. The molecule has 0 aromatic rings. The molecule has 1 aliphatic rings. The van der Waals surface area contributed by atoms with Crippen molar-refractivity contribution < 1.29 is 4.74 Å². The van der Waals surface area contributed by atoms with Gasteiger partial charge in [0.25, 0.3) is 0 Å². The molecule has 1 N–H and O–H groups in total. The summed E-state index contributed by atoms with van der Waals surface area (Å²) < 4.78 is 5.82. The SMILES string of the molecule is CNCCCC(C)OCCN1CCCCC1. The number of piperidine rings is 1. The zero-order valence-corrected chi connectivity index (χ0v) is 11.0. The summed E-state index contributed by atoms with van der Waals surface area (Å²) >= 11 is 0. The molecule has 1 saturated heterocycles. The number of ether oxygens (including phenoxy) is 1. The van der Waals surface area contributed by atoms with Crippen LogP contribution in [-0.2, 0) is 4.74 Å². The summed E-state index contributed by atoms with van der Waals surface area (Å²) in [5.74, 6) is 0. The van der Waals surface area contributed by atoms with Crippen LogP contribution in [0.2, 0.25) is 0 Å². The van der Waals surface area contributed by atoms with Gasteiger partial charge in [0.15, 0.2) is 0 Å². The summed E-state index contributed by atoms with van der Waals surface area (Å²) in [4.78, 5) is 2.53. The van der Waals surface area contributed by atoms with Crippen LogP contribution < -0.4 is 5.32 Å². The minimum Gasteiger partial charge on any atom is -0.377 e. The van der Waals surface area contributed by atoms with Crippen LogP contribution in [0.25, 0.3) is 0 Å². The molecule has 1 rings (SSSR count). The standard InChI is InChI=1S/C13H28N2O/c1-13(7-6-8-14-2)16-12-11-15-9-4-3-5-10-15/h13-14H,3-12H2,1-2H3. The van der Waals surface area contributed by atoms with Crippen LogP contribution in [-0.4, -0.2) is 50.8 Å². The van der Waals surface area contributed by atoms with Crippen LogP contribution >= 0.6 is 0 Å². The molecular formula is C13H28N2O. The molecule has 1 heterocycles. The average Bonchev–Trinajstić information content (AvgIpc) is 2.31. The van der Waals surface area contributed by atoms with Crippen molar-refractivity contribution in [1.29, 1.82) is 0 Å². The van der Waals surface area contributed by atoms with Crippen molar-refractivity contribution in [3.05, 3.63) is 0 Å². The van der Waals surface area contributed by atoms with Crippen molar-refractivity contribution in [2.24, 2.45) is 0 Å². The fraction of sp³-hybridized carbons (Fsp3) is 1.00. The second-order valence-electron chi connectivity index (χ2n) is 4.83. The van der Waals surface area contributed by atoms with E-state index in [9.17, 15) is 0 Å².